The molecule has 1 aromatic heterocycles. The zero-order chi connectivity index (χ0) is 19.2. The predicted molar refractivity (Wildman–Crippen MR) is 98.0 cm³/mol. The van der Waals surface area contributed by atoms with Crippen LogP contribution in [0.15, 0.2) is 27.1 Å². The number of halogens is 1. The molecule has 1 aliphatic heterocycles. The van der Waals surface area contributed by atoms with Crippen molar-refractivity contribution >= 4 is 50.5 Å². The molecule has 4 N–H and O–H groups in total. The lowest BCUT2D eigenvalue weighted by Crippen LogP contribution is -2.50. The summed E-state index contributed by atoms with van der Waals surface area (Å²) in [5, 5.41) is 12.6. The highest BCUT2D eigenvalue weighted by atomic mass is 79.9. The lowest BCUT2D eigenvalue weighted by molar-refractivity contribution is -0.120. The van der Waals surface area contributed by atoms with Crippen molar-refractivity contribution in [2.24, 2.45) is 5.73 Å². The number of carbonyl (C=O) groups is 3. The monoisotopic (exact) mass is 423 g/mol. The van der Waals surface area contributed by atoms with Gasteiger partial charge in [0, 0.05) is 15.4 Å². The van der Waals surface area contributed by atoms with Gasteiger partial charge < -0.3 is 20.6 Å². The Balaban J connectivity index is 1.99. The second kappa shape index (κ2) is 6.31. The van der Waals surface area contributed by atoms with E-state index in [0.29, 0.717) is 23.8 Å². The number of fused-ring (bicyclic) bond motifs is 1. The van der Waals surface area contributed by atoms with E-state index in [-0.39, 0.29) is 11.4 Å². The molecule has 1 saturated heterocycles. The van der Waals surface area contributed by atoms with Crippen LogP contribution in [0.1, 0.15) is 37.2 Å². The van der Waals surface area contributed by atoms with Gasteiger partial charge in [0.1, 0.15) is 17.3 Å². The van der Waals surface area contributed by atoms with Crippen LogP contribution in [0.3, 0.4) is 0 Å². The van der Waals surface area contributed by atoms with Gasteiger partial charge in [0.2, 0.25) is 11.7 Å². The highest BCUT2D eigenvalue weighted by Gasteiger charge is 2.46. The van der Waals surface area contributed by atoms with Crippen molar-refractivity contribution in [1.29, 1.82) is 0 Å². The van der Waals surface area contributed by atoms with Gasteiger partial charge in [0.05, 0.1) is 0 Å². The first-order valence-electron chi connectivity index (χ1n) is 7.97. The number of hydrogen-bond donors (Lipinski definition) is 3. The van der Waals surface area contributed by atoms with Crippen molar-refractivity contribution in [3.63, 3.8) is 0 Å². The van der Waals surface area contributed by atoms with Crippen LogP contribution in [-0.4, -0.2) is 39.5 Å². The van der Waals surface area contributed by atoms with Crippen molar-refractivity contribution in [2.75, 3.05) is 5.32 Å². The summed E-state index contributed by atoms with van der Waals surface area (Å²) in [6, 6.07) is 4.20. The summed E-state index contributed by atoms with van der Waals surface area (Å²) >= 11 is 3.33. The number of benzene rings is 1. The molecule has 0 bridgehead atoms. The number of hydrogen-bond acceptors (Lipinski definition) is 4. The Hall–Kier alpha value is -2.55. The van der Waals surface area contributed by atoms with Gasteiger partial charge in [-0.3, -0.25) is 14.5 Å². The molecule has 26 heavy (non-hydrogen) atoms. The number of carboxylic acid groups (broad SMARTS) is 1. The van der Waals surface area contributed by atoms with E-state index in [2.05, 4.69) is 21.2 Å². The maximum atomic E-state index is 12.8. The topological polar surface area (TPSA) is 126 Å². The minimum absolute atomic E-state index is 0.147. The van der Waals surface area contributed by atoms with E-state index in [4.69, 9.17) is 10.2 Å². The Kier molecular flexibility index (Phi) is 4.43. The fraction of sp³-hybridized carbons (Fsp3) is 0.353. The van der Waals surface area contributed by atoms with E-state index in [1.807, 2.05) is 0 Å². The largest absolute Gasteiger partial charge is 0.465 e. The molecule has 1 aromatic carbocycles. The van der Waals surface area contributed by atoms with E-state index in [1.165, 1.54) is 0 Å². The van der Waals surface area contributed by atoms with Crippen LogP contribution in [0.4, 0.5) is 10.5 Å². The fourth-order valence-corrected chi connectivity index (χ4v) is 3.74. The average molecular weight is 424 g/mol. The van der Waals surface area contributed by atoms with E-state index in [1.54, 1.807) is 32.0 Å². The van der Waals surface area contributed by atoms with Gasteiger partial charge in [-0.1, -0.05) is 15.9 Å². The van der Waals surface area contributed by atoms with Crippen LogP contribution in [-0.2, 0) is 4.79 Å². The smallest absolute Gasteiger partial charge is 0.408 e. The van der Waals surface area contributed by atoms with E-state index < -0.39 is 29.5 Å². The van der Waals surface area contributed by atoms with Gasteiger partial charge >= 0.3 is 6.09 Å². The van der Waals surface area contributed by atoms with Crippen LogP contribution < -0.4 is 11.1 Å². The Bertz CT molecular complexity index is 921. The van der Waals surface area contributed by atoms with Gasteiger partial charge in [0.25, 0.3) is 5.91 Å². The lowest BCUT2D eigenvalue weighted by Gasteiger charge is -2.32. The van der Waals surface area contributed by atoms with Crippen molar-refractivity contribution in [3.8, 4) is 0 Å². The first kappa shape index (κ1) is 18.2. The van der Waals surface area contributed by atoms with Crippen LogP contribution in [0.5, 0.6) is 0 Å². The Morgan fingerprint density at radius 2 is 2.08 bits per heavy atom. The molecule has 0 spiro atoms. The van der Waals surface area contributed by atoms with Gasteiger partial charge in [-0.05, 0) is 44.9 Å². The number of nitrogens with zero attached hydrogens (tertiary/aromatic N) is 1. The molecule has 0 saturated carbocycles. The quantitative estimate of drug-likeness (QED) is 0.698. The molecule has 2 aromatic rings. The normalized spacial score (nSPS) is 18.9. The lowest BCUT2D eigenvalue weighted by atomic mass is 10.0. The number of amides is 3. The van der Waals surface area contributed by atoms with Crippen molar-refractivity contribution in [2.45, 2.75) is 38.3 Å². The van der Waals surface area contributed by atoms with Crippen LogP contribution in [0.2, 0.25) is 0 Å². The van der Waals surface area contributed by atoms with Crippen molar-refractivity contribution < 1.29 is 23.9 Å². The zero-order valence-corrected chi connectivity index (χ0v) is 15.8. The van der Waals surface area contributed by atoms with E-state index >= 15 is 0 Å². The third kappa shape index (κ3) is 3.03. The molecule has 9 heteroatoms. The van der Waals surface area contributed by atoms with E-state index in [0.717, 1.165) is 9.37 Å². The predicted octanol–water partition coefficient (Wildman–Crippen LogP) is 3.15. The summed E-state index contributed by atoms with van der Waals surface area (Å²) in [4.78, 5) is 37.3. The molecule has 8 nitrogen and oxygen atoms in total. The molecular weight excluding hydrogens is 406 g/mol. The second-order valence-corrected chi connectivity index (χ2v) is 7.74. The zero-order valence-electron chi connectivity index (χ0n) is 14.2. The number of rotatable bonds is 3. The molecular formula is C17H18BrN3O5. The third-order valence-electron chi connectivity index (χ3n) is 4.62. The Morgan fingerprint density at radius 3 is 2.69 bits per heavy atom. The molecule has 3 rings (SSSR count). The molecule has 0 aliphatic carbocycles. The number of nitrogens with two attached hydrogens (primary N) is 1. The highest BCUT2D eigenvalue weighted by Crippen LogP contribution is 2.36. The number of carbonyl (C=O) groups excluding carboxylic acids is 2. The molecule has 0 unspecified atom stereocenters. The number of primary amides is 1. The Labute approximate surface area is 157 Å². The van der Waals surface area contributed by atoms with Crippen LogP contribution in [0, 0.1) is 0 Å². The Morgan fingerprint density at radius 1 is 1.38 bits per heavy atom. The molecule has 1 fully saturated rings. The minimum Gasteiger partial charge on any atom is -0.465 e. The summed E-state index contributed by atoms with van der Waals surface area (Å²) in [7, 11) is 0. The second-order valence-electron chi connectivity index (χ2n) is 6.82. The van der Waals surface area contributed by atoms with Gasteiger partial charge in [-0.2, -0.15) is 0 Å². The van der Waals surface area contributed by atoms with Crippen molar-refractivity contribution in [3.05, 3.63) is 28.4 Å². The fourth-order valence-electron chi connectivity index (χ4n) is 3.38. The first-order valence-corrected chi connectivity index (χ1v) is 8.76. The summed E-state index contributed by atoms with van der Waals surface area (Å²) in [6.07, 6.45) is -0.226. The first-order chi connectivity index (χ1) is 12.1. The molecule has 3 amide bonds. The van der Waals surface area contributed by atoms with Gasteiger partial charge in [-0.15, -0.1) is 0 Å². The number of likely N-dealkylation sites (tertiary alicyclic amines) is 1. The maximum absolute atomic E-state index is 12.8. The average Bonchev–Trinajstić information content (AvgIpc) is 3.04. The SMILES string of the molecule is CC1(C)CC[C@@H](C(=O)Nc2c(C(N)=O)oc3ccc(Br)cc23)N1C(=O)O. The third-order valence-corrected chi connectivity index (χ3v) is 5.12. The van der Waals surface area contributed by atoms with E-state index in [9.17, 15) is 19.5 Å². The number of nitrogens with one attached hydrogen (secondary N) is 1. The van der Waals surface area contributed by atoms with Crippen LogP contribution >= 0.6 is 15.9 Å². The molecule has 1 atom stereocenters. The van der Waals surface area contributed by atoms with Crippen molar-refractivity contribution in [1.82, 2.24) is 4.90 Å². The summed E-state index contributed by atoms with van der Waals surface area (Å²) in [6.45, 7) is 3.54. The number of furan rings is 1. The van der Waals surface area contributed by atoms with Crippen LogP contribution in [0.25, 0.3) is 11.0 Å². The number of anilines is 1. The maximum Gasteiger partial charge on any atom is 0.408 e. The molecule has 1 aliphatic rings. The minimum atomic E-state index is -1.16. The van der Waals surface area contributed by atoms with Gasteiger partial charge in [-0.25, -0.2) is 4.79 Å². The summed E-state index contributed by atoms with van der Waals surface area (Å²) in [5.41, 5.74) is 5.25. The summed E-state index contributed by atoms with van der Waals surface area (Å²) in [5.74, 6) is -1.52. The molecule has 138 valence electrons. The highest BCUT2D eigenvalue weighted by molar-refractivity contribution is 9.10. The summed E-state index contributed by atoms with van der Waals surface area (Å²) < 4.78 is 6.18. The van der Waals surface area contributed by atoms with Gasteiger partial charge in [0.15, 0.2) is 0 Å². The standard InChI is InChI=1S/C17H18BrN3O5/c1-17(2)6-5-10(21(17)16(24)25)15(23)20-12-9-7-8(18)3-4-11(9)26-13(12)14(19)22/h3-4,7,10H,5-6H2,1-2H3,(H2,19,22)(H,20,23)(H,24,25)/t10-/m0/s1. The molecule has 0 radical (unpaired) electrons. The molecule has 2 heterocycles.